The lowest BCUT2D eigenvalue weighted by molar-refractivity contribution is 1.21. The Morgan fingerprint density at radius 1 is 0.833 bits per heavy atom. The minimum absolute atomic E-state index is 0.396. The number of pyridine rings is 2. The lowest BCUT2D eigenvalue weighted by atomic mass is 10.4. The fourth-order valence-electron chi connectivity index (χ4n) is 1.14. The lowest BCUT2D eigenvalue weighted by Gasteiger charge is -2.01. The Morgan fingerprint density at radius 2 is 1.28 bits per heavy atom. The van der Waals surface area contributed by atoms with Crippen LogP contribution in [0, 0.1) is 22.7 Å². The van der Waals surface area contributed by atoms with Crippen LogP contribution < -0.4 is 0 Å². The highest BCUT2D eigenvalue weighted by atomic mass is 33.1. The summed E-state index contributed by atoms with van der Waals surface area (Å²) in [6.07, 6.45) is 3.21. The maximum Gasteiger partial charge on any atom is 0.141 e. The van der Waals surface area contributed by atoms with Crippen LogP contribution in [-0.4, -0.2) is 9.97 Å². The molecule has 0 saturated heterocycles. The van der Waals surface area contributed by atoms with Gasteiger partial charge in [0.25, 0.3) is 0 Å². The lowest BCUT2D eigenvalue weighted by Crippen LogP contribution is -1.82. The minimum atomic E-state index is 0.396. The largest absolute Gasteiger partial charge is 0.245 e. The highest BCUT2D eigenvalue weighted by molar-refractivity contribution is 8.76. The van der Waals surface area contributed by atoms with E-state index >= 15 is 0 Å². The second-order valence-electron chi connectivity index (χ2n) is 3.14. The average molecular weight is 270 g/mol. The summed E-state index contributed by atoms with van der Waals surface area (Å²) in [7, 11) is 3.02. The Balaban J connectivity index is 2.07. The predicted molar refractivity (Wildman–Crippen MR) is 69.6 cm³/mol. The van der Waals surface area contributed by atoms with Crippen molar-refractivity contribution in [3.05, 3.63) is 48.0 Å². The van der Waals surface area contributed by atoms with Crippen LogP contribution in [0.2, 0.25) is 0 Å². The van der Waals surface area contributed by atoms with Gasteiger partial charge < -0.3 is 0 Å². The molecule has 0 unspecified atom stereocenters. The third-order valence-corrected chi connectivity index (χ3v) is 4.31. The van der Waals surface area contributed by atoms with Gasteiger partial charge in [-0.1, -0.05) is 21.6 Å². The normalized spacial score (nSPS) is 9.44. The molecule has 86 valence electrons. The third kappa shape index (κ3) is 3.24. The molecule has 6 heteroatoms. The zero-order valence-electron chi connectivity index (χ0n) is 9.07. The van der Waals surface area contributed by atoms with Crippen molar-refractivity contribution in [2.45, 2.75) is 9.79 Å². The average Bonchev–Trinajstić information content (AvgIpc) is 2.45. The van der Waals surface area contributed by atoms with E-state index in [1.54, 1.807) is 24.5 Å². The number of rotatable bonds is 3. The van der Waals surface area contributed by atoms with Gasteiger partial charge in [-0.05, 0) is 24.3 Å². The van der Waals surface area contributed by atoms with E-state index in [2.05, 4.69) is 9.97 Å². The summed E-state index contributed by atoms with van der Waals surface area (Å²) in [5.41, 5.74) is 0.793. The molecule has 0 amide bonds. The molecule has 0 bridgehead atoms. The number of hydrogen-bond acceptors (Lipinski definition) is 6. The van der Waals surface area contributed by atoms with Crippen LogP contribution >= 0.6 is 21.6 Å². The van der Waals surface area contributed by atoms with E-state index in [-0.39, 0.29) is 0 Å². The topological polar surface area (TPSA) is 73.4 Å². The van der Waals surface area contributed by atoms with Gasteiger partial charge in [-0.25, -0.2) is 9.97 Å². The van der Waals surface area contributed by atoms with Gasteiger partial charge in [0.05, 0.1) is 0 Å². The molecule has 0 radical (unpaired) electrons. The molecule has 4 nitrogen and oxygen atoms in total. The van der Waals surface area contributed by atoms with E-state index < -0.39 is 0 Å². The molecule has 0 N–H and O–H groups in total. The Bertz CT molecular complexity index is 586. The second-order valence-corrected chi connectivity index (χ2v) is 5.42. The Morgan fingerprint density at radius 3 is 1.67 bits per heavy atom. The van der Waals surface area contributed by atoms with Crippen LogP contribution in [-0.2, 0) is 0 Å². The van der Waals surface area contributed by atoms with Crippen LogP contribution in [0.3, 0.4) is 0 Å². The summed E-state index contributed by atoms with van der Waals surface area (Å²) >= 11 is 0. The Kier molecular flexibility index (Phi) is 4.19. The van der Waals surface area contributed by atoms with Crippen molar-refractivity contribution in [2.24, 2.45) is 0 Å². The predicted octanol–water partition coefficient (Wildman–Crippen LogP) is 3.02. The van der Waals surface area contributed by atoms with Gasteiger partial charge in [0.1, 0.15) is 23.5 Å². The highest BCUT2D eigenvalue weighted by Gasteiger charge is 2.01. The van der Waals surface area contributed by atoms with Gasteiger partial charge in [0, 0.05) is 22.2 Å². The first-order valence-corrected chi connectivity index (χ1v) is 7.03. The molecular formula is C12H6N4S2. The summed E-state index contributed by atoms with van der Waals surface area (Å²) < 4.78 is 0. The van der Waals surface area contributed by atoms with Gasteiger partial charge in [0.2, 0.25) is 0 Å². The molecule has 0 aromatic carbocycles. The van der Waals surface area contributed by atoms with Crippen LogP contribution in [0.1, 0.15) is 11.4 Å². The summed E-state index contributed by atoms with van der Waals surface area (Å²) in [5.74, 6) is 0. The van der Waals surface area contributed by atoms with Crippen LogP contribution in [0.4, 0.5) is 0 Å². The maximum atomic E-state index is 8.74. The SMILES string of the molecule is N#Cc1cc(SSc2ccnc(C#N)c2)ccn1. The fourth-order valence-corrected chi connectivity index (χ4v) is 3.09. The number of nitriles is 2. The first-order valence-electron chi connectivity index (χ1n) is 4.88. The van der Waals surface area contributed by atoms with Crippen LogP contribution in [0.5, 0.6) is 0 Å². The molecule has 0 fully saturated rings. The van der Waals surface area contributed by atoms with Gasteiger partial charge in [-0.3, -0.25) is 0 Å². The minimum Gasteiger partial charge on any atom is -0.245 e. The van der Waals surface area contributed by atoms with E-state index in [0.717, 1.165) is 9.79 Å². The molecule has 0 aliphatic carbocycles. The van der Waals surface area contributed by atoms with Gasteiger partial charge in [-0.2, -0.15) is 10.5 Å². The molecule has 0 aliphatic heterocycles. The van der Waals surface area contributed by atoms with E-state index in [1.807, 2.05) is 24.3 Å². The molecular weight excluding hydrogens is 264 g/mol. The van der Waals surface area contributed by atoms with Gasteiger partial charge >= 0.3 is 0 Å². The summed E-state index contributed by atoms with van der Waals surface area (Å²) in [6, 6.07) is 11.1. The van der Waals surface area contributed by atoms with Crippen molar-refractivity contribution >= 4 is 21.6 Å². The molecule has 0 spiro atoms. The summed E-state index contributed by atoms with van der Waals surface area (Å²) in [6.45, 7) is 0. The van der Waals surface area contributed by atoms with E-state index in [0.29, 0.717) is 11.4 Å². The third-order valence-electron chi connectivity index (χ3n) is 1.93. The smallest absolute Gasteiger partial charge is 0.141 e. The number of nitrogens with zero attached hydrogens (tertiary/aromatic N) is 4. The fraction of sp³-hybridized carbons (Fsp3) is 0. The number of aromatic nitrogens is 2. The molecule has 2 rings (SSSR count). The molecule has 0 saturated carbocycles. The zero-order chi connectivity index (χ0) is 12.8. The summed E-state index contributed by atoms with van der Waals surface area (Å²) in [4.78, 5) is 9.70. The quantitative estimate of drug-likeness (QED) is 0.798. The Hall–Kier alpha value is -2.02. The van der Waals surface area contributed by atoms with E-state index in [1.165, 1.54) is 21.6 Å². The first-order chi connectivity index (χ1) is 8.81. The van der Waals surface area contributed by atoms with Crippen molar-refractivity contribution in [1.82, 2.24) is 9.97 Å². The molecule has 2 aromatic rings. The molecule has 18 heavy (non-hydrogen) atoms. The van der Waals surface area contributed by atoms with Crippen molar-refractivity contribution < 1.29 is 0 Å². The van der Waals surface area contributed by atoms with E-state index in [4.69, 9.17) is 10.5 Å². The van der Waals surface area contributed by atoms with Gasteiger partial charge in [-0.15, -0.1) is 0 Å². The highest BCUT2D eigenvalue weighted by Crippen LogP contribution is 2.37. The zero-order valence-corrected chi connectivity index (χ0v) is 10.7. The van der Waals surface area contributed by atoms with Crippen molar-refractivity contribution in [3.63, 3.8) is 0 Å². The molecule has 2 aromatic heterocycles. The molecule has 2 heterocycles. The molecule has 0 aliphatic rings. The first kappa shape index (κ1) is 12.4. The van der Waals surface area contributed by atoms with E-state index in [9.17, 15) is 0 Å². The Labute approximate surface area is 112 Å². The monoisotopic (exact) mass is 270 g/mol. The summed E-state index contributed by atoms with van der Waals surface area (Å²) in [5, 5.41) is 17.5. The van der Waals surface area contributed by atoms with Crippen molar-refractivity contribution in [2.75, 3.05) is 0 Å². The second kappa shape index (κ2) is 6.06. The van der Waals surface area contributed by atoms with Crippen LogP contribution in [0.15, 0.2) is 46.5 Å². The van der Waals surface area contributed by atoms with Gasteiger partial charge in [0.15, 0.2) is 0 Å². The number of hydrogen-bond donors (Lipinski definition) is 0. The maximum absolute atomic E-state index is 8.74. The molecule has 0 atom stereocenters. The van der Waals surface area contributed by atoms with Crippen LogP contribution in [0.25, 0.3) is 0 Å². The van der Waals surface area contributed by atoms with Crippen molar-refractivity contribution in [3.8, 4) is 12.1 Å². The van der Waals surface area contributed by atoms with Crippen molar-refractivity contribution in [1.29, 1.82) is 10.5 Å². The standard InChI is InChI=1S/C12H6N4S2/c13-7-9-5-11(1-3-15-9)17-18-12-2-4-16-10(6-12)8-14/h1-6H.